The summed E-state index contributed by atoms with van der Waals surface area (Å²) in [5.74, 6) is -0.116. The smallest absolute Gasteiger partial charge is 0.309 e. The average molecular weight is 432 g/mol. The Hall–Kier alpha value is -1.24. The van der Waals surface area contributed by atoms with Crippen LogP contribution >= 0.6 is 0 Å². The van der Waals surface area contributed by atoms with Gasteiger partial charge in [-0.15, -0.1) is 0 Å². The zero-order valence-corrected chi connectivity index (χ0v) is 19.5. The molecule has 3 fully saturated rings. The first-order chi connectivity index (χ1) is 14.9. The second-order valence-electron chi connectivity index (χ2n) is 10.6. The first kappa shape index (κ1) is 21.6. The Morgan fingerprint density at radius 2 is 2.10 bits per heavy atom. The summed E-state index contributed by atoms with van der Waals surface area (Å²) in [5.41, 5.74) is 2.13. The molecule has 0 radical (unpaired) electrons. The third-order valence-corrected chi connectivity index (χ3v) is 9.55. The van der Waals surface area contributed by atoms with Gasteiger partial charge < -0.3 is 19.1 Å². The highest BCUT2D eigenvalue weighted by atomic mass is 16.7. The Kier molecular flexibility index (Phi) is 5.15. The Morgan fingerprint density at radius 3 is 2.74 bits per heavy atom. The van der Waals surface area contributed by atoms with Crippen molar-refractivity contribution < 1.29 is 23.8 Å². The molecule has 0 aromatic rings. The Morgan fingerprint density at radius 1 is 1.29 bits per heavy atom. The number of allylic oxidation sites excluding steroid dienone is 1. The van der Waals surface area contributed by atoms with Crippen LogP contribution in [-0.4, -0.2) is 62.9 Å². The van der Waals surface area contributed by atoms with Crippen molar-refractivity contribution >= 4 is 11.8 Å². The normalized spacial score (nSPS) is 44.5. The van der Waals surface area contributed by atoms with E-state index in [-0.39, 0.29) is 34.4 Å². The zero-order valence-electron chi connectivity index (χ0n) is 19.5. The van der Waals surface area contributed by atoms with Crippen LogP contribution in [0.25, 0.3) is 0 Å². The van der Waals surface area contributed by atoms with Crippen molar-refractivity contribution in [2.24, 2.45) is 28.6 Å². The van der Waals surface area contributed by atoms with Gasteiger partial charge in [-0.3, -0.25) is 9.59 Å². The zero-order chi connectivity index (χ0) is 22.0. The number of hydrogen-bond acceptors (Lipinski definition) is 6. The van der Waals surface area contributed by atoms with E-state index < -0.39 is 5.79 Å². The molecule has 6 atom stereocenters. The monoisotopic (exact) mass is 431 g/mol. The van der Waals surface area contributed by atoms with Crippen LogP contribution in [-0.2, 0) is 23.8 Å². The predicted molar refractivity (Wildman–Crippen MR) is 115 cm³/mol. The van der Waals surface area contributed by atoms with E-state index >= 15 is 0 Å². The number of methoxy groups -OCH3 is 1. The summed E-state index contributed by atoms with van der Waals surface area (Å²) < 4.78 is 18.0. The van der Waals surface area contributed by atoms with Crippen molar-refractivity contribution in [3.8, 4) is 0 Å². The number of hydrogen-bond donors (Lipinski definition) is 0. The van der Waals surface area contributed by atoms with Crippen LogP contribution < -0.4 is 0 Å². The lowest BCUT2D eigenvalue weighted by molar-refractivity contribution is -0.302. The van der Waals surface area contributed by atoms with Gasteiger partial charge in [0.25, 0.3) is 0 Å². The van der Waals surface area contributed by atoms with Crippen LogP contribution in [0, 0.1) is 28.6 Å². The number of ketones is 1. The molecular formula is C25H37NO5. The standard InChI is InChI=1S/C25H37NO5/c1-5-25(30-6-2)10-9-23(15-31-25)16-7-8-17-20(27)11-18-19(22(28)29-4)12-24(23,21(17)18)14-26(3)13-16/h16,18-19H,5-15H2,1-4H3/t16-,18-,19-,23+,24-,25+/m1/s1. The number of piperidine rings is 1. The van der Waals surface area contributed by atoms with E-state index in [1.165, 1.54) is 12.7 Å². The van der Waals surface area contributed by atoms with Crippen molar-refractivity contribution in [2.45, 2.75) is 64.6 Å². The predicted octanol–water partition coefficient (Wildman–Crippen LogP) is 3.35. The number of carbonyl (C=O) groups is 2. The van der Waals surface area contributed by atoms with E-state index in [1.54, 1.807) is 0 Å². The van der Waals surface area contributed by atoms with Crippen molar-refractivity contribution in [2.75, 3.05) is 40.5 Å². The van der Waals surface area contributed by atoms with Gasteiger partial charge in [0.2, 0.25) is 0 Å². The van der Waals surface area contributed by atoms with E-state index in [9.17, 15) is 9.59 Å². The molecule has 0 unspecified atom stereocenters. The van der Waals surface area contributed by atoms with Gasteiger partial charge >= 0.3 is 5.97 Å². The molecule has 2 bridgehead atoms. The summed E-state index contributed by atoms with van der Waals surface area (Å²) in [4.78, 5) is 28.4. The number of ether oxygens (including phenoxy) is 3. The lowest BCUT2D eigenvalue weighted by Gasteiger charge is -2.62. The second kappa shape index (κ2) is 7.39. The molecule has 0 aromatic heterocycles. The maximum Gasteiger partial charge on any atom is 0.309 e. The fraction of sp³-hybridized carbons (Fsp3) is 0.840. The van der Waals surface area contributed by atoms with E-state index in [1.807, 2.05) is 6.92 Å². The third kappa shape index (κ3) is 2.80. The van der Waals surface area contributed by atoms with Gasteiger partial charge in [0, 0.05) is 49.3 Å². The summed E-state index contributed by atoms with van der Waals surface area (Å²) in [6.07, 6.45) is 5.90. The molecule has 31 heavy (non-hydrogen) atoms. The third-order valence-electron chi connectivity index (χ3n) is 9.55. The van der Waals surface area contributed by atoms with Crippen LogP contribution in [0.2, 0.25) is 0 Å². The lowest BCUT2D eigenvalue weighted by atomic mass is 9.50. The number of rotatable bonds is 4. The Labute approximate surface area is 185 Å². The number of Topliss-reactive ketones (excluding diaryl/α,β-unsaturated/α-hetero) is 1. The SMILES string of the molecule is CCO[C@]1(CC)CC[C@]2(CO1)[C@@H]1CCC3=C4[C@H](CC3=O)[C@H](C(=O)OC)C[C@@]42CN(C)C1. The molecular weight excluding hydrogens is 394 g/mol. The maximum atomic E-state index is 13.1. The Bertz CT molecular complexity index is 811. The van der Waals surface area contributed by atoms with Crippen molar-refractivity contribution in [3.05, 3.63) is 11.1 Å². The molecule has 1 saturated carbocycles. The minimum absolute atomic E-state index is 0.0156. The van der Waals surface area contributed by atoms with Crippen LogP contribution in [0.4, 0.5) is 0 Å². The van der Waals surface area contributed by atoms with E-state index in [0.29, 0.717) is 25.6 Å². The molecule has 2 aliphatic heterocycles. The highest BCUT2D eigenvalue weighted by Gasteiger charge is 2.70. The van der Waals surface area contributed by atoms with Gasteiger partial charge in [0.1, 0.15) is 0 Å². The summed E-state index contributed by atoms with van der Waals surface area (Å²) >= 11 is 0. The molecule has 0 amide bonds. The number of likely N-dealkylation sites (tertiary alicyclic amines) is 1. The minimum Gasteiger partial charge on any atom is -0.469 e. The van der Waals surface area contributed by atoms with E-state index in [2.05, 4.69) is 18.9 Å². The van der Waals surface area contributed by atoms with Crippen LogP contribution in [0.3, 0.4) is 0 Å². The summed E-state index contributed by atoms with van der Waals surface area (Å²) in [7, 11) is 3.68. The number of esters is 1. The molecule has 0 aromatic carbocycles. The average Bonchev–Trinajstić information content (AvgIpc) is 3.23. The van der Waals surface area contributed by atoms with Crippen molar-refractivity contribution in [1.82, 2.24) is 4.90 Å². The van der Waals surface area contributed by atoms with Crippen LogP contribution in [0.5, 0.6) is 0 Å². The fourth-order valence-electron chi connectivity index (χ4n) is 8.29. The summed E-state index contributed by atoms with van der Waals surface area (Å²) in [5, 5.41) is 0. The molecule has 2 spiro atoms. The van der Waals surface area contributed by atoms with Gasteiger partial charge in [0.15, 0.2) is 11.6 Å². The van der Waals surface area contributed by atoms with Gasteiger partial charge in [-0.1, -0.05) is 12.5 Å². The number of carbonyl (C=O) groups excluding carboxylic acids is 2. The topological polar surface area (TPSA) is 65.1 Å². The van der Waals surface area contributed by atoms with Gasteiger partial charge in [-0.2, -0.15) is 0 Å². The van der Waals surface area contributed by atoms with Crippen molar-refractivity contribution in [1.29, 1.82) is 0 Å². The van der Waals surface area contributed by atoms with E-state index in [0.717, 1.165) is 57.2 Å². The molecule has 5 aliphatic rings. The maximum absolute atomic E-state index is 13.1. The molecule has 6 heteroatoms. The van der Waals surface area contributed by atoms with E-state index in [4.69, 9.17) is 14.2 Å². The molecule has 2 saturated heterocycles. The highest BCUT2D eigenvalue weighted by Crippen LogP contribution is 2.71. The first-order valence-corrected chi connectivity index (χ1v) is 12.2. The second-order valence-corrected chi connectivity index (χ2v) is 10.6. The van der Waals surface area contributed by atoms with Gasteiger partial charge in [0.05, 0.1) is 19.6 Å². The van der Waals surface area contributed by atoms with Gasteiger partial charge in [-0.05, 0) is 57.6 Å². The summed E-state index contributed by atoms with van der Waals surface area (Å²) in [6, 6.07) is 0. The fourth-order valence-corrected chi connectivity index (χ4v) is 8.29. The summed E-state index contributed by atoms with van der Waals surface area (Å²) in [6.45, 7) is 7.41. The molecule has 6 nitrogen and oxygen atoms in total. The molecule has 0 N–H and O–H groups in total. The lowest BCUT2D eigenvalue weighted by Crippen LogP contribution is -2.64. The molecule has 3 aliphatic carbocycles. The Balaban J connectivity index is 1.63. The quantitative estimate of drug-likeness (QED) is 0.636. The van der Waals surface area contributed by atoms with Gasteiger partial charge in [-0.25, -0.2) is 0 Å². The largest absolute Gasteiger partial charge is 0.469 e. The first-order valence-electron chi connectivity index (χ1n) is 12.2. The highest BCUT2D eigenvalue weighted by molar-refractivity contribution is 6.01. The van der Waals surface area contributed by atoms with Crippen molar-refractivity contribution in [3.63, 3.8) is 0 Å². The number of nitrogens with zero attached hydrogens (tertiary/aromatic N) is 1. The van der Waals surface area contributed by atoms with Crippen LogP contribution in [0.1, 0.15) is 58.8 Å². The molecule has 172 valence electrons. The molecule has 5 rings (SSSR count). The molecule has 2 heterocycles. The van der Waals surface area contributed by atoms with Crippen LogP contribution in [0.15, 0.2) is 11.1 Å². The minimum atomic E-state index is -0.494.